The quantitative estimate of drug-likeness (QED) is 0.525. The molecule has 0 fully saturated rings. The summed E-state index contributed by atoms with van der Waals surface area (Å²) >= 11 is 0. The second-order valence-corrected chi connectivity index (χ2v) is 3.94. The van der Waals surface area contributed by atoms with Crippen molar-refractivity contribution < 1.29 is 14.1 Å². The number of nitrogens with zero attached hydrogens (tertiary/aromatic N) is 2. The number of non-ortho nitro benzene ring substituents is 1. The average molecular weight is 273 g/mol. The molecule has 7 nitrogen and oxygen atoms in total. The second kappa shape index (κ2) is 5.79. The van der Waals surface area contributed by atoms with E-state index in [-0.39, 0.29) is 11.6 Å². The molecule has 7 heteroatoms. The Bertz CT molecular complexity index is 676. The zero-order chi connectivity index (χ0) is 14.5. The minimum absolute atomic E-state index is 0.00707. The van der Waals surface area contributed by atoms with Crippen LogP contribution in [0.3, 0.4) is 0 Å². The molecule has 0 unspecified atom stereocenters. The lowest BCUT2D eigenvalue weighted by molar-refractivity contribution is -0.384. The van der Waals surface area contributed by atoms with E-state index in [0.717, 1.165) is 0 Å². The highest BCUT2D eigenvalue weighted by molar-refractivity contribution is 5.80. The van der Waals surface area contributed by atoms with Crippen molar-refractivity contribution in [1.29, 1.82) is 0 Å². The van der Waals surface area contributed by atoms with Gasteiger partial charge in [-0.15, -0.1) is 0 Å². The third-order valence-corrected chi connectivity index (χ3v) is 2.38. The number of carbonyl (C=O) groups is 1. The number of rotatable bonds is 4. The van der Waals surface area contributed by atoms with Gasteiger partial charge in [0, 0.05) is 24.6 Å². The molecule has 0 aliphatic heterocycles. The van der Waals surface area contributed by atoms with Gasteiger partial charge >= 0.3 is 0 Å². The summed E-state index contributed by atoms with van der Waals surface area (Å²) in [5.41, 5.74) is 2.84. The predicted octanol–water partition coefficient (Wildman–Crippen LogP) is 2.32. The van der Waals surface area contributed by atoms with Crippen molar-refractivity contribution in [2.45, 2.75) is 6.92 Å². The molecule has 1 heterocycles. The smallest absolute Gasteiger partial charge is 0.270 e. The molecule has 1 amide bonds. The maximum absolute atomic E-state index is 10.7. The number of amides is 1. The molecular formula is C13H11N3O4. The molecule has 2 rings (SSSR count). The van der Waals surface area contributed by atoms with Crippen LogP contribution in [0, 0.1) is 10.1 Å². The summed E-state index contributed by atoms with van der Waals surface area (Å²) in [5, 5.41) is 14.4. The first kappa shape index (κ1) is 13.5. The van der Waals surface area contributed by atoms with Gasteiger partial charge in [-0.05, 0) is 12.1 Å². The van der Waals surface area contributed by atoms with Crippen LogP contribution < -0.4 is 5.43 Å². The minimum Gasteiger partial charge on any atom is -0.455 e. The Morgan fingerprint density at radius 1 is 1.40 bits per heavy atom. The number of hydrazone groups is 1. The van der Waals surface area contributed by atoms with E-state index in [1.54, 1.807) is 24.3 Å². The van der Waals surface area contributed by atoms with E-state index in [9.17, 15) is 14.9 Å². The lowest BCUT2D eigenvalue weighted by atomic mass is 10.1. The van der Waals surface area contributed by atoms with Gasteiger partial charge in [-0.25, -0.2) is 5.43 Å². The number of benzene rings is 1. The Hall–Kier alpha value is -2.96. The number of nitrogens with one attached hydrogen (secondary N) is 1. The molecule has 0 saturated heterocycles. The molecular weight excluding hydrogens is 262 g/mol. The van der Waals surface area contributed by atoms with Crippen molar-refractivity contribution in [2.24, 2.45) is 5.10 Å². The molecule has 0 atom stereocenters. The fraction of sp³-hybridized carbons (Fsp3) is 0.0769. The van der Waals surface area contributed by atoms with Gasteiger partial charge in [0.1, 0.15) is 11.5 Å². The van der Waals surface area contributed by atoms with E-state index in [0.29, 0.717) is 17.1 Å². The van der Waals surface area contributed by atoms with Crippen LogP contribution in [0.1, 0.15) is 12.7 Å². The van der Waals surface area contributed by atoms with E-state index in [1.807, 2.05) is 0 Å². The minimum atomic E-state index is -0.467. The summed E-state index contributed by atoms with van der Waals surface area (Å²) in [6.45, 7) is 1.34. The van der Waals surface area contributed by atoms with Crippen molar-refractivity contribution in [3.05, 3.63) is 52.3 Å². The van der Waals surface area contributed by atoms with Gasteiger partial charge in [0.15, 0.2) is 0 Å². The first-order chi connectivity index (χ1) is 9.56. The van der Waals surface area contributed by atoms with Crippen LogP contribution in [0.25, 0.3) is 11.3 Å². The number of nitro benzene ring substituents is 1. The molecule has 1 N–H and O–H groups in total. The van der Waals surface area contributed by atoms with E-state index in [4.69, 9.17) is 4.42 Å². The Kier molecular flexibility index (Phi) is 3.90. The van der Waals surface area contributed by atoms with Crippen LogP contribution in [-0.4, -0.2) is 17.0 Å². The largest absolute Gasteiger partial charge is 0.455 e. The van der Waals surface area contributed by atoms with Gasteiger partial charge in [-0.2, -0.15) is 5.10 Å². The lowest BCUT2D eigenvalue weighted by Gasteiger charge is -1.96. The zero-order valence-corrected chi connectivity index (χ0v) is 10.6. The first-order valence-corrected chi connectivity index (χ1v) is 5.70. The Morgan fingerprint density at radius 2 is 2.20 bits per heavy atom. The Morgan fingerprint density at radius 3 is 2.90 bits per heavy atom. The molecule has 0 bridgehead atoms. The summed E-state index contributed by atoms with van der Waals surface area (Å²) < 4.78 is 5.46. The number of hydrogen-bond donors (Lipinski definition) is 1. The summed E-state index contributed by atoms with van der Waals surface area (Å²) in [5.74, 6) is 0.630. The van der Waals surface area contributed by atoms with E-state index in [1.165, 1.54) is 25.3 Å². The van der Waals surface area contributed by atoms with E-state index in [2.05, 4.69) is 10.5 Å². The van der Waals surface area contributed by atoms with Crippen molar-refractivity contribution in [2.75, 3.05) is 0 Å². The highest BCUT2D eigenvalue weighted by Crippen LogP contribution is 2.25. The third kappa shape index (κ3) is 3.29. The predicted molar refractivity (Wildman–Crippen MR) is 72.2 cm³/mol. The summed E-state index contributed by atoms with van der Waals surface area (Å²) in [6.07, 6.45) is 1.35. The molecule has 0 aliphatic rings. The molecule has 102 valence electrons. The van der Waals surface area contributed by atoms with Crippen LogP contribution in [0.5, 0.6) is 0 Å². The molecule has 1 aromatic carbocycles. The molecule has 1 aromatic heterocycles. The van der Waals surface area contributed by atoms with Gasteiger partial charge in [0.2, 0.25) is 5.91 Å². The summed E-state index contributed by atoms with van der Waals surface area (Å²) in [6, 6.07) is 9.45. The summed E-state index contributed by atoms with van der Waals surface area (Å²) in [4.78, 5) is 20.9. The summed E-state index contributed by atoms with van der Waals surface area (Å²) in [7, 11) is 0. The Balaban J connectivity index is 2.20. The highest BCUT2D eigenvalue weighted by Gasteiger charge is 2.09. The van der Waals surface area contributed by atoms with Crippen LogP contribution in [0.2, 0.25) is 0 Å². The van der Waals surface area contributed by atoms with Gasteiger partial charge in [0.25, 0.3) is 5.69 Å². The normalized spacial score (nSPS) is 10.7. The van der Waals surface area contributed by atoms with Crippen LogP contribution >= 0.6 is 0 Å². The van der Waals surface area contributed by atoms with Crippen LogP contribution in [0.4, 0.5) is 5.69 Å². The molecule has 20 heavy (non-hydrogen) atoms. The highest BCUT2D eigenvalue weighted by atomic mass is 16.6. The molecule has 0 spiro atoms. The topological polar surface area (TPSA) is 97.7 Å². The standard InChI is InChI=1S/C13H11N3O4/c1-9(17)15-14-8-12-5-6-13(20-12)10-3-2-4-11(7-10)16(18)19/h2-8H,1H3,(H,15,17)/b14-8-. The fourth-order valence-electron chi connectivity index (χ4n) is 1.54. The zero-order valence-electron chi connectivity index (χ0n) is 10.6. The average Bonchev–Trinajstić information content (AvgIpc) is 2.87. The molecule has 0 aliphatic carbocycles. The first-order valence-electron chi connectivity index (χ1n) is 5.70. The Labute approximate surface area is 114 Å². The van der Waals surface area contributed by atoms with Gasteiger partial charge in [-0.1, -0.05) is 12.1 Å². The van der Waals surface area contributed by atoms with Crippen molar-refractivity contribution in [3.8, 4) is 11.3 Å². The monoisotopic (exact) mass is 273 g/mol. The van der Waals surface area contributed by atoms with Gasteiger partial charge < -0.3 is 4.42 Å². The fourth-order valence-corrected chi connectivity index (χ4v) is 1.54. The SMILES string of the molecule is CC(=O)N/N=C\c1ccc(-c2cccc([N+](=O)[O-])c2)o1. The van der Waals surface area contributed by atoms with Gasteiger partial charge in [0.05, 0.1) is 11.1 Å². The van der Waals surface area contributed by atoms with Crippen molar-refractivity contribution in [3.63, 3.8) is 0 Å². The maximum atomic E-state index is 10.7. The third-order valence-electron chi connectivity index (χ3n) is 2.38. The van der Waals surface area contributed by atoms with Crippen LogP contribution in [-0.2, 0) is 4.79 Å². The van der Waals surface area contributed by atoms with E-state index < -0.39 is 4.92 Å². The molecule has 0 saturated carbocycles. The number of carbonyl (C=O) groups excluding carboxylic acids is 1. The van der Waals surface area contributed by atoms with Gasteiger partial charge in [-0.3, -0.25) is 14.9 Å². The van der Waals surface area contributed by atoms with E-state index >= 15 is 0 Å². The van der Waals surface area contributed by atoms with Crippen LogP contribution in [0.15, 0.2) is 45.9 Å². The lowest BCUT2D eigenvalue weighted by Crippen LogP contribution is -2.12. The number of hydrogen-bond acceptors (Lipinski definition) is 5. The second-order valence-electron chi connectivity index (χ2n) is 3.94. The van der Waals surface area contributed by atoms with Crippen molar-refractivity contribution >= 4 is 17.8 Å². The molecule has 0 radical (unpaired) electrons. The molecule has 2 aromatic rings. The number of furan rings is 1. The number of nitro groups is 1. The maximum Gasteiger partial charge on any atom is 0.270 e. The van der Waals surface area contributed by atoms with Crippen molar-refractivity contribution in [1.82, 2.24) is 5.43 Å².